The van der Waals surface area contributed by atoms with Crippen molar-refractivity contribution in [1.82, 2.24) is 5.32 Å². The number of halogens is 1. The van der Waals surface area contributed by atoms with Crippen molar-refractivity contribution in [2.75, 3.05) is 11.9 Å². The summed E-state index contributed by atoms with van der Waals surface area (Å²) >= 11 is 5.63. The van der Waals surface area contributed by atoms with E-state index in [1.165, 1.54) is 12.1 Å². The molecule has 1 aromatic rings. The number of benzene rings is 1. The fourth-order valence-corrected chi connectivity index (χ4v) is 1.42. The fraction of sp³-hybridized carbons (Fsp3) is 0.273. The first kappa shape index (κ1) is 14.9. The molecule has 0 aliphatic heterocycles. The molecule has 8 heteroatoms. The molecular weight excluding hydrogens is 274 g/mol. The highest BCUT2D eigenvalue weighted by atomic mass is 35.5. The highest BCUT2D eigenvalue weighted by Crippen LogP contribution is 2.27. The lowest BCUT2D eigenvalue weighted by atomic mass is 10.2. The summed E-state index contributed by atoms with van der Waals surface area (Å²) in [5.74, 6) is -1.68. The minimum absolute atomic E-state index is 0.0431. The average Bonchev–Trinajstić information content (AvgIpc) is 2.37. The van der Waals surface area contributed by atoms with Gasteiger partial charge in [0.15, 0.2) is 0 Å². The van der Waals surface area contributed by atoms with Crippen LogP contribution < -0.4 is 10.6 Å². The summed E-state index contributed by atoms with van der Waals surface area (Å²) in [6, 6.07) is 3.74. The average molecular weight is 286 g/mol. The van der Waals surface area contributed by atoms with Gasteiger partial charge < -0.3 is 10.6 Å². The largest absolute Gasteiger partial charge is 0.348 e. The van der Waals surface area contributed by atoms with Crippen LogP contribution >= 0.6 is 11.6 Å². The van der Waals surface area contributed by atoms with Crippen molar-refractivity contribution in [1.29, 1.82) is 0 Å². The summed E-state index contributed by atoms with van der Waals surface area (Å²) in [6.07, 6.45) is 0.700. The maximum Gasteiger partial charge on any atom is 0.313 e. The second kappa shape index (κ2) is 6.69. The van der Waals surface area contributed by atoms with Gasteiger partial charge in [0, 0.05) is 18.3 Å². The molecule has 0 heterocycles. The number of rotatable bonds is 4. The third-order valence-corrected chi connectivity index (χ3v) is 2.46. The Morgan fingerprint density at radius 2 is 2.05 bits per heavy atom. The number of carbonyl (C=O) groups excluding carboxylic acids is 2. The molecule has 0 aliphatic rings. The summed E-state index contributed by atoms with van der Waals surface area (Å²) in [4.78, 5) is 32.8. The molecular formula is C11H12ClN3O4. The van der Waals surface area contributed by atoms with E-state index < -0.39 is 16.7 Å². The van der Waals surface area contributed by atoms with Crippen LogP contribution in [0.3, 0.4) is 0 Å². The highest BCUT2D eigenvalue weighted by molar-refractivity contribution is 6.39. The molecule has 0 saturated carbocycles. The molecule has 0 aromatic heterocycles. The van der Waals surface area contributed by atoms with Gasteiger partial charge in [-0.15, -0.1) is 0 Å². The lowest BCUT2D eigenvalue weighted by molar-refractivity contribution is -0.384. The third-order valence-electron chi connectivity index (χ3n) is 2.14. The normalized spacial score (nSPS) is 9.79. The van der Waals surface area contributed by atoms with Crippen LogP contribution in [0.5, 0.6) is 0 Å². The Kier molecular flexibility index (Phi) is 5.25. The Morgan fingerprint density at radius 3 is 2.63 bits per heavy atom. The molecule has 0 fully saturated rings. The van der Waals surface area contributed by atoms with Gasteiger partial charge in [0.2, 0.25) is 0 Å². The van der Waals surface area contributed by atoms with Gasteiger partial charge in [-0.25, -0.2) is 0 Å². The maximum absolute atomic E-state index is 11.5. The van der Waals surface area contributed by atoms with Crippen molar-refractivity contribution in [3.8, 4) is 0 Å². The first-order chi connectivity index (χ1) is 8.95. The summed E-state index contributed by atoms with van der Waals surface area (Å²) in [5, 5.41) is 15.3. The van der Waals surface area contributed by atoms with Gasteiger partial charge >= 0.3 is 11.8 Å². The predicted octanol–water partition coefficient (Wildman–Crippen LogP) is 1.71. The number of nitrogens with one attached hydrogen (secondary N) is 2. The van der Waals surface area contributed by atoms with E-state index in [0.717, 1.165) is 6.07 Å². The van der Waals surface area contributed by atoms with Crippen molar-refractivity contribution in [3.05, 3.63) is 33.3 Å². The minimum atomic E-state index is -0.884. The van der Waals surface area contributed by atoms with E-state index in [1.54, 1.807) is 0 Å². The Bertz CT molecular complexity index is 519. The quantitative estimate of drug-likeness (QED) is 0.499. The van der Waals surface area contributed by atoms with Crippen LogP contribution in [0.25, 0.3) is 0 Å². The zero-order valence-corrected chi connectivity index (χ0v) is 10.9. The molecule has 1 rings (SSSR count). The van der Waals surface area contributed by atoms with E-state index >= 15 is 0 Å². The Morgan fingerprint density at radius 1 is 1.37 bits per heavy atom. The number of hydrogen-bond donors (Lipinski definition) is 2. The van der Waals surface area contributed by atoms with E-state index in [0.29, 0.717) is 13.0 Å². The summed E-state index contributed by atoms with van der Waals surface area (Å²) in [6.45, 7) is 2.23. The van der Waals surface area contributed by atoms with E-state index in [4.69, 9.17) is 11.6 Å². The molecule has 2 amide bonds. The lowest BCUT2D eigenvalue weighted by Gasteiger charge is -2.06. The standard InChI is InChI=1S/C11H12ClN3O4/c1-2-5-13-10(16)11(17)14-7-3-4-8(12)9(6-7)15(18)19/h3-4,6H,2,5H2,1H3,(H,13,16)(H,14,17). The molecule has 1 aromatic carbocycles. The molecule has 0 unspecified atom stereocenters. The SMILES string of the molecule is CCCNC(=O)C(=O)Nc1ccc(Cl)c([N+](=O)[O-])c1. The number of carbonyl (C=O) groups is 2. The maximum atomic E-state index is 11.5. The summed E-state index contributed by atoms with van der Waals surface area (Å²) in [7, 11) is 0. The van der Waals surface area contributed by atoms with E-state index in [1.807, 2.05) is 6.92 Å². The first-order valence-corrected chi connectivity index (χ1v) is 5.86. The second-order valence-corrected chi connectivity index (χ2v) is 4.04. The minimum Gasteiger partial charge on any atom is -0.348 e. The molecule has 102 valence electrons. The van der Waals surface area contributed by atoms with Gasteiger partial charge in [-0.2, -0.15) is 0 Å². The topological polar surface area (TPSA) is 101 Å². The van der Waals surface area contributed by atoms with E-state index in [2.05, 4.69) is 10.6 Å². The Labute approximate surface area is 114 Å². The summed E-state index contributed by atoms with van der Waals surface area (Å²) in [5.41, 5.74) is -0.207. The van der Waals surface area contributed by atoms with Crippen molar-refractivity contribution in [2.45, 2.75) is 13.3 Å². The van der Waals surface area contributed by atoms with Crippen molar-refractivity contribution >= 4 is 34.8 Å². The molecule has 0 atom stereocenters. The van der Waals surface area contributed by atoms with Gasteiger partial charge in [-0.1, -0.05) is 18.5 Å². The zero-order chi connectivity index (χ0) is 14.4. The Hall–Kier alpha value is -2.15. The van der Waals surface area contributed by atoms with Gasteiger partial charge in [0.1, 0.15) is 5.02 Å². The summed E-state index contributed by atoms with van der Waals surface area (Å²) < 4.78 is 0. The van der Waals surface area contributed by atoms with Gasteiger partial charge in [0.25, 0.3) is 5.69 Å². The smallest absolute Gasteiger partial charge is 0.313 e. The number of amides is 2. The molecule has 7 nitrogen and oxygen atoms in total. The lowest BCUT2D eigenvalue weighted by Crippen LogP contribution is -2.35. The van der Waals surface area contributed by atoms with Crippen LogP contribution in [0.15, 0.2) is 18.2 Å². The fourth-order valence-electron chi connectivity index (χ4n) is 1.24. The third kappa shape index (κ3) is 4.22. The van der Waals surface area contributed by atoms with Crippen LogP contribution in [-0.4, -0.2) is 23.3 Å². The highest BCUT2D eigenvalue weighted by Gasteiger charge is 2.16. The molecule has 0 aliphatic carbocycles. The van der Waals surface area contributed by atoms with Gasteiger partial charge in [-0.3, -0.25) is 19.7 Å². The van der Waals surface area contributed by atoms with Crippen molar-refractivity contribution in [3.63, 3.8) is 0 Å². The zero-order valence-electron chi connectivity index (χ0n) is 10.1. The molecule has 0 radical (unpaired) electrons. The number of anilines is 1. The van der Waals surface area contributed by atoms with Crippen LogP contribution in [0, 0.1) is 10.1 Å². The van der Waals surface area contributed by atoms with E-state index in [-0.39, 0.29) is 16.4 Å². The van der Waals surface area contributed by atoms with Crippen LogP contribution in [0.2, 0.25) is 5.02 Å². The van der Waals surface area contributed by atoms with Crippen molar-refractivity contribution in [2.24, 2.45) is 0 Å². The number of nitrogens with zero attached hydrogens (tertiary/aromatic N) is 1. The van der Waals surface area contributed by atoms with Crippen molar-refractivity contribution < 1.29 is 14.5 Å². The molecule has 2 N–H and O–H groups in total. The molecule has 0 spiro atoms. The Balaban J connectivity index is 2.77. The number of hydrogen-bond acceptors (Lipinski definition) is 4. The number of nitro benzene ring substituents is 1. The second-order valence-electron chi connectivity index (χ2n) is 3.63. The van der Waals surface area contributed by atoms with Crippen LogP contribution in [-0.2, 0) is 9.59 Å². The van der Waals surface area contributed by atoms with Gasteiger partial charge in [0.05, 0.1) is 4.92 Å². The molecule has 0 bridgehead atoms. The van der Waals surface area contributed by atoms with Crippen LogP contribution in [0.4, 0.5) is 11.4 Å². The predicted molar refractivity (Wildman–Crippen MR) is 70.0 cm³/mol. The van der Waals surface area contributed by atoms with Gasteiger partial charge in [-0.05, 0) is 18.6 Å². The molecule has 0 saturated heterocycles. The number of nitro groups is 1. The van der Waals surface area contributed by atoms with Crippen LogP contribution in [0.1, 0.15) is 13.3 Å². The monoisotopic (exact) mass is 285 g/mol. The first-order valence-electron chi connectivity index (χ1n) is 5.48. The molecule has 19 heavy (non-hydrogen) atoms. The van der Waals surface area contributed by atoms with E-state index in [9.17, 15) is 19.7 Å².